The van der Waals surface area contributed by atoms with E-state index in [1.807, 2.05) is 6.07 Å². The number of halogens is 2. The van der Waals surface area contributed by atoms with Gasteiger partial charge in [0.25, 0.3) is 11.5 Å². The lowest BCUT2D eigenvalue weighted by Crippen LogP contribution is -2.39. The highest BCUT2D eigenvalue weighted by Crippen LogP contribution is 2.28. The summed E-state index contributed by atoms with van der Waals surface area (Å²) in [6.45, 7) is 3.11. The fourth-order valence-corrected chi connectivity index (χ4v) is 4.81. The van der Waals surface area contributed by atoms with Crippen molar-refractivity contribution in [2.75, 3.05) is 26.2 Å². The van der Waals surface area contributed by atoms with Crippen molar-refractivity contribution in [1.29, 1.82) is 0 Å². The van der Waals surface area contributed by atoms with Crippen LogP contribution in [0.15, 0.2) is 52.3 Å². The number of hydrogen-bond donors (Lipinski definition) is 2. The van der Waals surface area contributed by atoms with Crippen molar-refractivity contribution in [1.82, 2.24) is 15.2 Å². The maximum absolute atomic E-state index is 12.7. The van der Waals surface area contributed by atoms with E-state index in [0.29, 0.717) is 33.3 Å². The van der Waals surface area contributed by atoms with Gasteiger partial charge in [-0.3, -0.25) is 13.8 Å². The molecule has 2 N–H and O–H groups in total. The minimum absolute atomic E-state index is 0.00769. The maximum atomic E-state index is 12.7. The van der Waals surface area contributed by atoms with Crippen LogP contribution in [-0.4, -0.2) is 56.8 Å². The average Bonchev–Trinajstić information content (AvgIpc) is 2.85. The maximum Gasteiger partial charge on any atom is 0.255 e. The number of nitrogens with one attached hydrogen (secondary N) is 2. The largest absolute Gasteiger partial charge is 0.768 e. The molecule has 0 radical (unpaired) electrons. The van der Waals surface area contributed by atoms with Crippen LogP contribution in [0.5, 0.6) is 5.75 Å². The lowest BCUT2D eigenvalue weighted by Gasteiger charge is -2.32. The predicted molar refractivity (Wildman–Crippen MR) is 135 cm³/mol. The van der Waals surface area contributed by atoms with Gasteiger partial charge in [-0.25, -0.2) is 0 Å². The zero-order chi connectivity index (χ0) is 24.9. The predicted octanol–water partition coefficient (Wildman–Crippen LogP) is 3.74. The third-order valence-corrected chi connectivity index (χ3v) is 7.35. The number of H-pyrrole nitrogens is 1. The molecule has 1 amide bonds. The summed E-state index contributed by atoms with van der Waals surface area (Å²) in [7, 11) is 0. The number of aromatic amines is 1. The normalized spacial score (nSPS) is 15.7. The quantitative estimate of drug-likeness (QED) is 0.334. The Morgan fingerprint density at radius 3 is 2.63 bits per heavy atom. The highest BCUT2D eigenvalue weighted by molar-refractivity contribution is 7.79. The Morgan fingerprint density at radius 2 is 1.91 bits per heavy atom. The van der Waals surface area contributed by atoms with Gasteiger partial charge in [-0.2, -0.15) is 0 Å². The molecule has 0 spiro atoms. The van der Waals surface area contributed by atoms with Crippen LogP contribution in [0.4, 0.5) is 0 Å². The van der Waals surface area contributed by atoms with Crippen LogP contribution >= 0.6 is 23.2 Å². The first-order chi connectivity index (χ1) is 16.8. The molecule has 35 heavy (non-hydrogen) atoms. The van der Waals surface area contributed by atoms with Crippen molar-refractivity contribution >= 4 is 51.0 Å². The smallest absolute Gasteiger partial charge is 0.255 e. The molecule has 4 rings (SSSR count). The SMILES string of the molecule is O=C(NCCCN1CCC(Oc2ccc(Cl)c(Cl)c2)CC1)c1c[nH]c(=O)c2cc(S(=O)[O-])ccc12. The molecular weight excluding hydrogens is 513 g/mol. The van der Waals surface area contributed by atoms with Gasteiger partial charge in [-0.05, 0) is 61.2 Å². The second-order valence-electron chi connectivity index (χ2n) is 8.32. The number of rotatable bonds is 8. The number of pyridine rings is 1. The number of amides is 1. The third kappa shape index (κ3) is 6.42. The number of nitrogens with zero attached hydrogens (tertiary/aromatic N) is 1. The number of likely N-dealkylation sites (tertiary alicyclic amines) is 1. The molecule has 0 bridgehead atoms. The van der Waals surface area contributed by atoms with Crippen molar-refractivity contribution in [2.24, 2.45) is 0 Å². The monoisotopic (exact) mass is 536 g/mol. The molecule has 1 aromatic heterocycles. The molecule has 186 valence electrons. The van der Waals surface area contributed by atoms with Crippen LogP contribution in [0.1, 0.15) is 29.6 Å². The van der Waals surface area contributed by atoms with E-state index in [4.69, 9.17) is 27.9 Å². The Kier molecular flexibility index (Phi) is 8.46. The second kappa shape index (κ2) is 11.5. The van der Waals surface area contributed by atoms with Crippen LogP contribution in [0, 0.1) is 0 Å². The van der Waals surface area contributed by atoms with Gasteiger partial charge < -0.3 is 24.5 Å². The minimum Gasteiger partial charge on any atom is -0.768 e. The number of hydrogen-bond acceptors (Lipinski definition) is 6. The highest BCUT2D eigenvalue weighted by Gasteiger charge is 2.20. The molecule has 2 heterocycles. The van der Waals surface area contributed by atoms with E-state index in [2.05, 4.69) is 15.2 Å². The fourth-order valence-electron chi connectivity index (χ4n) is 4.12. The summed E-state index contributed by atoms with van der Waals surface area (Å²) >= 11 is 9.54. The number of carbonyl (C=O) groups is 1. The molecule has 1 aliphatic heterocycles. The molecule has 8 nitrogen and oxygen atoms in total. The van der Waals surface area contributed by atoms with Crippen molar-refractivity contribution in [2.45, 2.75) is 30.3 Å². The Bertz CT molecular complexity index is 1310. The van der Waals surface area contributed by atoms with Gasteiger partial charge in [0.1, 0.15) is 11.9 Å². The van der Waals surface area contributed by atoms with Gasteiger partial charge in [0.15, 0.2) is 0 Å². The van der Waals surface area contributed by atoms with Crippen LogP contribution < -0.4 is 15.6 Å². The van der Waals surface area contributed by atoms with Gasteiger partial charge in [-0.15, -0.1) is 0 Å². The number of carbonyl (C=O) groups excluding carboxylic acids is 1. The van der Waals surface area contributed by atoms with E-state index in [0.717, 1.165) is 38.9 Å². The number of aromatic nitrogens is 1. The highest BCUT2D eigenvalue weighted by atomic mass is 35.5. The van der Waals surface area contributed by atoms with Gasteiger partial charge >= 0.3 is 0 Å². The van der Waals surface area contributed by atoms with Gasteiger partial charge in [-0.1, -0.05) is 29.3 Å². The van der Waals surface area contributed by atoms with E-state index >= 15 is 0 Å². The molecular formula is C24H24Cl2N3O5S-. The summed E-state index contributed by atoms with van der Waals surface area (Å²) in [6, 6.07) is 9.39. The summed E-state index contributed by atoms with van der Waals surface area (Å²) in [4.78, 5) is 29.6. The first-order valence-electron chi connectivity index (χ1n) is 11.2. The van der Waals surface area contributed by atoms with E-state index < -0.39 is 16.6 Å². The van der Waals surface area contributed by atoms with E-state index in [-0.39, 0.29) is 22.3 Å². The Labute approximate surface area is 214 Å². The lowest BCUT2D eigenvalue weighted by atomic mass is 10.1. The summed E-state index contributed by atoms with van der Waals surface area (Å²) in [5.41, 5.74) is -0.154. The van der Waals surface area contributed by atoms with Crippen LogP contribution in [0.25, 0.3) is 10.8 Å². The lowest BCUT2D eigenvalue weighted by molar-refractivity contribution is 0.0936. The molecule has 2 aromatic carbocycles. The minimum atomic E-state index is -2.46. The first kappa shape index (κ1) is 25.7. The Morgan fingerprint density at radius 1 is 1.14 bits per heavy atom. The number of benzene rings is 2. The first-order valence-corrected chi connectivity index (χ1v) is 13.0. The third-order valence-electron chi connectivity index (χ3n) is 5.98. The zero-order valence-electron chi connectivity index (χ0n) is 18.7. The van der Waals surface area contributed by atoms with Gasteiger partial charge in [0, 0.05) is 47.6 Å². The summed E-state index contributed by atoms with van der Waals surface area (Å²) in [5, 5.41) is 4.42. The molecule has 3 aromatic rings. The molecule has 11 heteroatoms. The van der Waals surface area contributed by atoms with Crippen LogP contribution in [0.2, 0.25) is 10.0 Å². The van der Waals surface area contributed by atoms with E-state index in [9.17, 15) is 18.4 Å². The summed E-state index contributed by atoms with van der Waals surface area (Å²) < 4.78 is 28.4. The van der Waals surface area contributed by atoms with Crippen LogP contribution in [0.3, 0.4) is 0 Å². The molecule has 1 aliphatic rings. The Hall–Kier alpha value is -2.43. The van der Waals surface area contributed by atoms with Crippen LogP contribution in [-0.2, 0) is 11.1 Å². The van der Waals surface area contributed by atoms with Crippen molar-refractivity contribution in [3.63, 3.8) is 0 Å². The zero-order valence-corrected chi connectivity index (χ0v) is 21.0. The van der Waals surface area contributed by atoms with Gasteiger partial charge in [0.2, 0.25) is 0 Å². The molecule has 1 unspecified atom stereocenters. The van der Waals surface area contributed by atoms with Gasteiger partial charge in [0.05, 0.1) is 15.6 Å². The molecule has 1 atom stereocenters. The second-order valence-corrected chi connectivity index (χ2v) is 10.1. The van der Waals surface area contributed by atoms with Crippen molar-refractivity contribution in [3.05, 3.63) is 68.6 Å². The summed E-state index contributed by atoms with van der Waals surface area (Å²) in [5.74, 6) is 0.392. The number of fused-ring (bicyclic) bond motifs is 1. The van der Waals surface area contributed by atoms with Crippen molar-refractivity contribution in [3.8, 4) is 5.75 Å². The Balaban J connectivity index is 1.24. The number of piperidine rings is 1. The fraction of sp³-hybridized carbons (Fsp3) is 0.333. The van der Waals surface area contributed by atoms with E-state index in [1.165, 1.54) is 24.4 Å². The summed E-state index contributed by atoms with van der Waals surface area (Å²) in [6.07, 6.45) is 4.03. The van der Waals surface area contributed by atoms with Crippen molar-refractivity contribution < 1.29 is 18.3 Å². The topological polar surface area (TPSA) is 115 Å². The standard InChI is InChI=1S/C24H25Cl2N3O5S/c25-21-5-2-16(12-22(21)26)34-15-6-10-29(11-7-15)9-1-8-27-24(31)20-14-28-23(30)19-13-17(35(32)33)3-4-18(19)20/h2-5,12-15H,1,6-11H2,(H,27,31)(H,28,30)(H,32,33)/p-1. The molecule has 1 fully saturated rings. The van der Waals surface area contributed by atoms with E-state index in [1.54, 1.807) is 12.1 Å². The molecule has 0 aliphatic carbocycles. The number of ether oxygens (including phenoxy) is 1. The molecule has 1 saturated heterocycles. The average molecular weight is 537 g/mol. The molecule has 0 saturated carbocycles.